The maximum atomic E-state index is 5.99. The standard InChI is InChI=1S/C30H37N5OS/c1-21-20-26(22(2)34(21)25-13-11-23(12-14-25)33-16-18-36-19-17-33)29-28(27-10-6-7-15-31-27)32-30(37)35(29)24-8-4-3-5-9-24/h6-7,10-15,20,24,28-29H,3-5,8-9,16-19H2,1-2H3,(H,32,37)/t28-,29-/m0/s1. The van der Waals surface area contributed by atoms with Gasteiger partial charge in [-0.15, -0.1) is 0 Å². The molecule has 0 spiro atoms. The molecule has 0 bridgehead atoms. The van der Waals surface area contributed by atoms with E-state index in [2.05, 4.69) is 76.0 Å². The molecule has 2 saturated heterocycles. The van der Waals surface area contributed by atoms with Gasteiger partial charge in [-0.25, -0.2) is 0 Å². The van der Waals surface area contributed by atoms with Crippen molar-refractivity contribution in [3.05, 3.63) is 77.4 Å². The lowest BCUT2D eigenvalue weighted by molar-refractivity contribution is 0.122. The van der Waals surface area contributed by atoms with Crippen LogP contribution in [0.4, 0.5) is 5.69 Å². The molecule has 1 aliphatic carbocycles. The minimum atomic E-state index is 0.0354. The van der Waals surface area contributed by atoms with Crippen LogP contribution in [0.3, 0.4) is 0 Å². The van der Waals surface area contributed by atoms with Gasteiger partial charge in [-0.1, -0.05) is 25.3 Å². The first-order chi connectivity index (χ1) is 18.1. The van der Waals surface area contributed by atoms with Crippen LogP contribution in [0.25, 0.3) is 5.69 Å². The van der Waals surface area contributed by atoms with Gasteiger partial charge < -0.3 is 24.4 Å². The number of benzene rings is 1. The third-order valence-corrected chi connectivity index (χ3v) is 8.71. The summed E-state index contributed by atoms with van der Waals surface area (Å²) in [6.07, 6.45) is 8.18. The molecule has 0 amide bonds. The maximum absolute atomic E-state index is 5.99. The smallest absolute Gasteiger partial charge is 0.170 e. The van der Waals surface area contributed by atoms with Crippen LogP contribution >= 0.6 is 12.2 Å². The van der Waals surface area contributed by atoms with Gasteiger partial charge in [-0.3, -0.25) is 4.98 Å². The number of thiocarbonyl (C=S) groups is 1. The molecule has 0 unspecified atom stereocenters. The summed E-state index contributed by atoms with van der Waals surface area (Å²) >= 11 is 5.99. The summed E-state index contributed by atoms with van der Waals surface area (Å²) in [6, 6.07) is 18.2. The zero-order valence-electron chi connectivity index (χ0n) is 21.9. The molecule has 2 atom stereocenters. The van der Waals surface area contributed by atoms with E-state index in [1.807, 2.05) is 12.3 Å². The Kier molecular flexibility index (Phi) is 6.91. The number of morpholine rings is 1. The molecule has 3 aromatic rings. The van der Waals surface area contributed by atoms with E-state index < -0.39 is 0 Å². The number of nitrogens with one attached hydrogen (secondary N) is 1. The maximum Gasteiger partial charge on any atom is 0.170 e. The highest BCUT2D eigenvalue weighted by molar-refractivity contribution is 7.80. The quantitative estimate of drug-likeness (QED) is 0.445. The summed E-state index contributed by atoms with van der Waals surface area (Å²) in [5, 5.41) is 4.54. The molecule has 3 fully saturated rings. The normalized spacial score (nSPS) is 22.9. The van der Waals surface area contributed by atoms with E-state index in [-0.39, 0.29) is 12.1 Å². The Labute approximate surface area is 225 Å². The average molecular weight is 516 g/mol. The van der Waals surface area contributed by atoms with Gasteiger partial charge in [0.1, 0.15) is 0 Å². The Bertz CT molecular complexity index is 1230. The van der Waals surface area contributed by atoms with Crippen LogP contribution in [0.5, 0.6) is 0 Å². The molecule has 37 heavy (non-hydrogen) atoms. The van der Waals surface area contributed by atoms with Gasteiger partial charge in [0, 0.05) is 48.1 Å². The molecule has 0 radical (unpaired) electrons. The zero-order chi connectivity index (χ0) is 25.4. The SMILES string of the molecule is Cc1cc([C@H]2[C@H](c3ccccn3)NC(=S)N2C2CCCCC2)c(C)n1-c1ccc(N2CCOCC2)cc1. The summed E-state index contributed by atoms with van der Waals surface area (Å²) < 4.78 is 7.93. The minimum absolute atomic E-state index is 0.0354. The lowest BCUT2D eigenvalue weighted by atomic mass is 9.90. The topological polar surface area (TPSA) is 45.6 Å². The van der Waals surface area contributed by atoms with Crippen LogP contribution in [0, 0.1) is 13.8 Å². The van der Waals surface area contributed by atoms with Crippen molar-refractivity contribution in [2.45, 2.75) is 64.1 Å². The predicted octanol–water partition coefficient (Wildman–Crippen LogP) is 5.63. The van der Waals surface area contributed by atoms with E-state index >= 15 is 0 Å². The molecule has 6 nitrogen and oxygen atoms in total. The second kappa shape index (κ2) is 10.5. The lowest BCUT2D eigenvalue weighted by Crippen LogP contribution is -2.40. The molecule has 4 heterocycles. The highest BCUT2D eigenvalue weighted by Crippen LogP contribution is 2.44. The van der Waals surface area contributed by atoms with Crippen molar-refractivity contribution in [2.75, 3.05) is 31.2 Å². The molecule has 1 N–H and O–H groups in total. The van der Waals surface area contributed by atoms with Crippen molar-refractivity contribution in [1.82, 2.24) is 19.8 Å². The van der Waals surface area contributed by atoms with Gasteiger partial charge >= 0.3 is 0 Å². The van der Waals surface area contributed by atoms with Gasteiger partial charge in [0.05, 0.1) is 31.0 Å². The summed E-state index contributed by atoms with van der Waals surface area (Å²) in [4.78, 5) is 9.67. The predicted molar refractivity (Wildman–Crippen MR) is 152 cm³/mol. The second-order valence-corrected chi connectivity index (χ2v) is 11.0. The van der Waals surface area contributed by atoms with Gasteiger partial charge in [0.25, 0.3) is 0 Å². The number of rotatable bonds is 5. The first kappa shape index (κ1) is 24.4. The molecular formula is C30H37N5OS. The molecule has 7 heteroatoms. The number of nitrogens with zero attached hydrogens (tertiary/aromatic N) is 4. The number of pyridine rings is 1. The van der Waals surface area contributed by atoms with Gasteiger partial charge in [-0.05, 0) is 86.9 Å². The highest BCUT2D eigenvalue weighted by atomic mass is 32.1. The first-order valence-corrected chi connectivity index (χ1v) is 14.1. The van der Waals surface area contributed by atoms with E-state index in [4.69, 9.17) is 21.9 Å². The van der Waals surface area contributed by atoms with Crippen LogP contribution in [0.1, 0.15) is 66.8 Å². The van der Waals surface area contributed by atoms with E-state index in [0.29, 0.717) is 6.04 Å². The molecule has 6 rings (SSSR count). The lowest BCUT2D eigenvalue weighted by Gasteiger charge is -2.37. The summed E-state index contributed by atoms with van der Waals surface area (Å²) in [6.45, 7) is 7.97. The van der Waals surface area contributed by atoms with Crippen LogP contribution < -0.4 is 10.2 Å². The van der Waals surface area contributed by atoms with Gasteiger partial charge in [0.15, 0.2) is 5.11 Å². The number of ether oxygens (including phenoxy) is 1. The van der Waals surface area contributed by atoms with Gasteiger partial charge in [-0.2, -0.15) is 0 Å². The van der Waals surface area contributed by atoms with Crippen molar-refractivity contribution >= 4 is 23.0 Å². The summed E-state index contributed by atoms with van der Waals surface area (Å²) in [7, 11) is 0. The number of aromatic nitrogens is 2. The van der Waals surface area contributed by atoms with Crippen molar-refractivity contribution in [3.63, 3.8) is 0 Å². The largest absolute Gasteiger partial charge is 0.378 e. The molecular weight excluding hydrogens is 478 g/mol. The third kappa shape index (κ3) is 4.64. The average Bonchev–Trinajstić information content (AvgIpc) is 3.45. The van der Waals surface area contributed by atoms with Crippen molar-refractivity contribution < 1.29 is 4.74 Å². The van der Waals surface area contributed by atoms with Crippen molar-refractivity contribution in [1.29, 1.82) is 0 Å². The molecule has 3 aliphatic rings. The summed E-state index contributed by atoms with van der Waals surface area (Å²) in [5.41, 5.74) is 7.36. The zero-order valence-corrected chi connectivity index (χ0v) is 22.7. The Hall–Kier alpha value is -2.90. The molecule has 194 valence electrons. The Morgan fingerprint density at radius 3 is 2.38 bits per heavy atom. The van der Waals surface area contributed by atoms with Crippen LogP contribution in [-0.2, 0) is 4.74 Å². The number of hydrogen-bond donors (Lipinski definition) is 1. The molecule has 1 saturated carbocycles. The van der Waals surface area contributed by atoms with E-state index in [9.17, 15) is 0 Å². The number of aryl methyl sites for hydroxylation is 1. The van der Waals surface area contributed by atoms with E-state index in [1.54, 1.807) is 0 Å². The van der Waals surface area contributed by atoms with Crippen molar-refractivity contribution in [3.8, 4) is 5.69 Å². The molecule has 1 aromatic carbocycles. The Balaban J connectivity index is 1.37. The van der Waals surface area contributed by atoms with E-state index in [1.165, 1.54) is 60.4 Å². The fraction of sp³-hybridized carbons (Fsp3) is 0.467. The van der Waals surface area contributed by atoms with E-state index in [0.717, 1.165) is 37.1 Å². The number of anilines is 1. The van der Waals surface area contributed by atoms with Crippen LogP contribution in [0.2, 0.25) is 0 Å². The number of hydrogen-bond acceptors (Lipinski definition) is 4. The van der Waals surface area contributed by atoms with Crippen LogP contribution in [0.15, 0.2) is 54.7 Å². The highest BCUT2D eigenvalue weighted by Gasteiger charge is 2.44. The molecule has 2 aliphatic heterocycles. The minimum Gasteiger partial charge on any atom is -0.378 e. The second-order valence-electron chi connectivity index (χ2n) is 10.6. The fourth-order valence-corrected chi connectivity index (χ4v) is 6.96. The monoisotopic (exact) mass is 515 g/mol. The third-order valence-electron chi connectivity index (χ3n) is 8.38. The molecule has 2 aromatic heterocycles. The van der Waals surface area contributed by atoms with Gasteiger partial charge in [0.2, 0.25) is 0 Å². The van der Waals surface area contributed by atoms with Crippen molar-refractivity contribution in [2.24, 2.45) is 0 Å². The summed E-state index contributed by atoms with van der Waals surface area (Å²) in [5.74, 6) is 0. The Morgan fingerprint density at radius 2 is 1.68 bits per heavy atom. The van der Waals surface area contributed by atoms with Crippen LogP contribution in [-0.4, -0.2) is 51.9 Å². The first-order valence-electron chi connectivity index (χ1n) is 13.7. The Morgan fingerprint density at radius 1 is 0.946 bits per heavy atom. The fourth-order valence-electron chi connectivity index (χ4n) is 6.57.